The molecule has 0 bridgehead atoms. The van der Waals surface area contributed by atoms with Gasteiger partial charge in [-0.2, -0.15) is 0 Å². The third kappa shape index (κ3) is 3.95. The number of aromatic carboxylic acids is 1. The van der Waals surface area contributed by atoms with Crippen LogP contribution in [0.25, 0.3) is 0 Å². The molecule has 0 aliphatic carbocycles. The van der Waals surface area contributed by atoms with Crippen LogP contribution in [-0.4, -0.2) is 16.0 Å². The second-order valence-electron chi connectivity index (χ2n) is 3.92. The van der Waals surface area contributed by atoms with E-state index in [4.69, 9.17) is 0 Å². The van der Waals surface area contributed by atoms with Gasteiger partial charge in [-0.25, -0.2) is 4.79 Å². The van der Waals surface area contributed by atoms with Crippen molar-refractivity contribution in [1.29, 1.82) is 0 Å². The Morgan fingerprint density at radius 2 is 1.95 bits per heavy atom. The molecule has 108 valence electrons. The summed E-state index contributed by atoms with van der Waals surface area (Å²) in [5.41, 5.74) is 0.0688. The molecule has 2 aromatic carbocycles. The van der Waals surface area contributed by atoms with Gasteiger partial charge in [0.1, 0.15) is 0 Å². The van der Waals surface area contributed by atoms with Crippen molar-refractivity contribution in [2.24, 2.45) is 0 Å². The van der Waals surface area contributed by atoms with E-state index < -0.39 is 10.9 Å². The van der Waals surface area contributed by atoms with E-state index in [1.54, 1.807) is 24.3 Å². The maximum absolute atomic E-state index is 11.2. The fraction of sp³-hybridized carbons (Fsp3) is 0. The van der Waals surface area contributed by atoms with Gasteiger partial charge in [0.15, 0.2) is 0 Å². The number of hydrogen-bond acceptors (Lipinski definition) is 4. The fourth-order valence-electron chi connectivity index (χ4n) is 1.60. The Labute approximate surface area is 146 Å². The lowest BCUT2D eigenvalue weighted by Crippen LogP contribution is -1.99. The number of nitro groups is 1. The standard InChI is InChI=1S/C13H7BrINO4S/c14-7-1-3-9(13(17)18)12(5-7)21-11-4-2-8(15)6-10(11)16(19)20/h1-6H,(H,17,18). The van der Waals surface area contributed by atoms with Crippen LogP contribution in [0.2, 0.25) is 0 Å². The predicted molar refractivity (Wildman–Crippen MR) is 91.0 cm³/mol. The second kappa shape index (κ2) is 6.75. The molecule has 0 saturated carbocycles. The summed E-state index contributed by atoms with van der Waals surface area (Å²) in [5, 5.41) is 20.3. The molecule has 0 aliphatic heterocycles. The Kier molecular flexibility index (Phi) is 5.22. The number of benzene rings is 2. The molecule has 2 aromatic rings. The van der Waals surface area contributed by atoms with Crippen LogP contribution in [0, 0.1) is 13.7 Å². The number of rotatable bonds is 4. The molecule has 0 aromatic heterocycles. The Balaban J connectivity index is 2.50. The van der Waals surface area contributed by atoms with Gasteiger partial charge in [-0.05, 0) is 52.9 Å². The molecule has 0 amide bonds. The van der Waals surface area contributed by atoms with E-state index in [2.05, 4.69) is 15.9 Å². The fourth-order valence-corrected chi connectivity index (χ4v) is 3.64. The summed E-state index contributed by atoms with van der Waals surface area (Å²) in [6, 6.07) is 9.55. The van der Waals surface area contributed by atoms with Gasteiger partial charge in [-0.1, -0.05) is 27.7 Å². The minimum absolute atomic E-state index is 0.0387. The Bertz CT molecular complexity index is 738. The lowest BCUT2D eigenvalue weighted by atomic mass is 10.2. The Morgan fingerprint density at radius 1 is 1.24 bits per heavy atom. The topological polar surface area (TPSA) is 80.4 Å². The third-order valence-corrected chi connectivity index (χ3v) is 4.80. The molecule has 0 radical (unpaired) electrons. The zero-order chi connectivity index (χ0) is 15.6. The normalized spacial score (nSPS) is 10.4. The molecule has 1 N–H and O–H groups in total. The number of halogens is 2. The van der Waals surface area contributed by atoms with Crippen molar-refractivity contribution in [3.8, 4) is 0 Å². The van der Waals surface area contributed by atoms with Gasteiger partial charge >= 0.3 is 5.97 Å². The van der Waals surface area contributed by atoms with E-state index in [-0.39, 0.29) is 11.3 Å². The first kappa shape index (κ1) is 16.2. The van der Waals surface area contributed by atoms with Gasteiger partial charge in [0, 0.05) is 19.0 Å². The molecule has 0 spiro atoms. The molecule has 8 heteroatoms. The van der Waals surface area contributed by atoms with Crippen LogP contribution in [0.1, 0.15) is 10.4 Å². The number of carboxylic acid groups (broad SMARTS) is 1. The van der Waals surface area contributed by atoms with E-state index >= 15 is 0 Å². The number of carboxylic acids is 1. The van der Waals surface area contributed by atoms with Crippen LogP contribution in [0.4, 0.5) is 5.69 Å². The van der Waals surface area contributed by atoms with Crippen LogP contribution >= 0.6 is 50.3 Å². The quantitative estimate of drug-likeness (QED) is 0.386. The van der Waals surface area contributed by atoms with Crippen molar-refractivity contribution >= 4 is 61.9 Å². The van der Waals surface area contributed by atoms with Gasteiger partial charge in [-0.15, -0.1) is 0 Å². The highest BCUT2D eigenvalue weighted by atomic mass is 127. The van der Waals surface area contributed by atoms with Crippen molar-refractivity contribution in [2.75, 3.05) is 0 Å². The number of nitrogens with zero attached hydrogens (tertiary/aromatic N) is 1. The minimum Gasteiger partial charge on any atom is -0.478 e. The average molecular weight is 480 g/mol. The monoisotopic (exact) mass is 479 g/mol. The Morgan fingerprint density at radius 3 is 2.57 bits per heavy atom. The van der Waals surface area contributed by atoms with E-state index in [9.17, 15) is 20.0 Å². The molecule has 0 atom stereocenters. The van der Waals surface area contributed by atoms with Crippen molar-refractivity contribution < 1.29 is 14.8 Å². The number of hydrogen-bond donors (Lipinski definition) is 1. The van der Waals surface area contributed by atoms with Gasteiger partial charge in [0.2, 0.25) is 0 Å². The summed E-state index contributed by atoms with van der Waals surface area (Å²) in [6.45, 7) is 0. The van der Waals surface area contributed by atoms with Crippen molar-refractivity contribution in [3.63, 3.8) is 0 Å². The molecule has 2 rings (SSSR count). The summed E-state index contributed by atoms with van der Waals surface area (Å²) < 4.78 is 1.46. The summed E-state index contributed by atoms with van der Waals surface area (Å²) in [6.07, 6.45) is 0. The minimum atomic E-state index is -1.07. The van der Waals surface area contributed by atoms with Crippen molar-refractivity contribution in [3.05, 3.63) is 60.1 Å². The number of carbonyl (C=O) groups is 1. The smallest absolute Gasteiger partial charge is 0.336 e. The molecule has 0 aliphatic rings. The molecular weight excluding hydrogens is 473 g/mol. The van der Waals surface area contributed by atoms with E-state index in [0.717, 1.165) is 15.3 Å². The summed E-state index contributed by atoms with van der Waals surface area (Å²) in [7, 11) is 0. The van der Waals surface area contributed by atoms with Gasteiger partial charge in [0.25, 0.3) is 5.69 Å². The maximum Gasteiger partial charge on any atom is 0.336 e. The molecule has 0 unspecified atom stereocenters. The zero-order valence-corrected chi connectivity index (χ0v) is 14.8. The summed E-state index contributed by atoms with van der Waals surface area (Å²) >= 11 is 6.33. The largest absolute Gasteiger partial charge is 0.478 e. The molecule has 0 fully saturated rings. The highest BCUT2D eigenvalue weighted by Crippen LogP contribution is 2.38. The van der Waals surface area contributed by atoms with Crippen molar-refractivity contribution in [1.82, 2.24) is 0 Å². The lowest BCUT2D eigenvalue weighted by molar-refractivity contribution is -0.387. The summed E-state index contributed by atoms with van der Waals surface area (Å²) in [4.78, 5) is 22.7. The SMILES string of the molecule is O=C(O)c1ccc(Br)cc1Sc1ccc(I)cc1[N+](=O)[O-]. The highest BCUT2D eigenvalue weighted by Gasteiger charge is 2.18. The Hall–Kier alpha value is -1.13. The van der Waals surface area contributed by atoms with Crippen LogP contribution in [0.15, 0.2) is 50.7 Å². The molecule has 0 heterocycles. The number of nitro benzene ring substituents is 1. The lowest BCUT2D eigenvalue weighted by Gasteiger charge is -2.07. The molecule has 0 saturated heterocycles. The molecule has 21 heavy (non-hydrogen) atoms. The molecular formula is C13H7BrINO4S. The van der Waals surface area contributed by atoms with Crippen LogP contribution in [-0.2, 0) is 0 Å². The third-order valence-electron chi connectivity index (χ3n) is 2.51. The second-order valence-corrected chi connectivity index (χ2v) is 7.16. The van der Waals surface area contributed by atoms with Crippen LogP contribution in [0.3, 0.4) is 0 Å². The van der Waals surface area contributed by atoms with Crippen LogP contribution < -0.4 is 0 Å². The maximum atomic E-state index is 11.2. The average Bonchev–Trinajstić information content (AvgIpc) is 2.40. The highest BCUT2D eigenvalue weighted by molar-refractivity contribution is 14.1. The summed E-state index contributed by atoms with van der Waals surface area (Å²) in [5.74, 6) is -1.07. The first-order chi connectivity index (χ1) is 9.88. The van der Waals surface area contributed by atoms with Gasteiger partial charge in [0.05, 0.1) is 15.4 Å². The van der Waals surface area contributed by atoms with Crippen molar-refractivity contribution in [2.45, 2.75) is 9.79 Å². The van der Waals surface area contributed by atoms with Gasteiger partial charge < -0.3 is 5.11 Å². The predicted octanol–water partition coefficient (Wildman–Crippen LogP) is 4.81. The van der Waals surface area contributed by atoms with E-state index in [0.29, 0.717) is 14.3 Å². The van der Waals surface area contributed by atoms with E-state index in [1.165, 1.54) is 12.1 Å². The first-order valence-electron chi connectivity index (χ1n) is 5.53. The van der Waals surface area contributed by atoms with Gasteiger partial charge in [-0.3, -0.25) is 10.1 Å². The van der Waals surface area contributed by atoms with Crippen LogP contribution in [0.5, 0.6) is 0 Å². The zero-order valence-electron chi connectivity index (χ0n) is 10.2. The van der Waals surface area contributed by atoms with E-state index in [1.807, 2.05) is 22.6 Å². The molecule has 5 nitrogen and oxygen atoms in total. The first-order valence-corrected chi connectivity index (χ1v) is 8.22.